The maximum Gasteiger partial charge on any atom is 0.0543 e. The number of allylic oxidation sites excluding steroid dienone is 2. The largest absolute Gasteiger partial charge is 0.382 e. The van der Waals surface area contributed by atoms with Crippen molar-refractivity contribution in [2.75, 3.05) is 7.11 Å². The number of methoxy groups -OCH3 is 1. The van der Waals surface area contributed by atoms with E-state index in [0.29, 0.717) is 6.10 Å². The Labute approximate surface area is 70.4 Å². The monoisotopic (exact) mass is 156 g/mol. The first-order valence-electron chi connectivity index (χ1n) is 4.45. The third kappa shape index (κ3) is 7.60. The van der Waals surface area contributed by atoms with Crippen LogP contribution in [0.3, 0.4) is 0 Å². The van der Waals surface area contributed by atoms with E-state index in [1.54, 1.807) is 7.11 Å². The summed E-state index contributed by atoms with van der Waals surface area (Å²) < 4.78 is 5.14. The summed E-state index contributed by atoms with van der Waals surface area (Å²) >= 11 is 0. The van der Waals surface area contributed by atoms with Crippen molar-refractivity contribution in [2.45, 2.75) is 45.6 Å². The summed E-state index contributed by atoms with van der Waals surface area (Å²) in [5, 5.41) is 0. The minimum atomic E-state index is 0.431. The molecule has 0 aliphatic rings. The Morgan fingerprint density at radius 2 is 2.09 bits per heavy atom. The number of hydrogen-bond acceptors (Lipinski definition) is 1. The van der Waals surface area contributed by atoms with Crippen LogP contribution in [0.2, 0.25) is 0 Å². The lowest BCUT2D eigenvalue weighted by atomic mass is 10.1. The maximum atomic E-state index is 5.14. The van der Waals surface area contributed by atoms with E-state index < -0.39 is 0 Å². The number of rotatable bonds is 6. The molecular weight excluding hydrogens is 136 g/mol. The van der Waals surface area contributed by atoms with E-state index in [9.17, 15) is 0 Å². The summed E-state index contributed by atoms with van der Waals surface area (Å²) in [5.41, 5.74) is 0. The predicted octanol–water partition coefficient (Wildman–Crippen LogP) is 3.16. The first-order chi connectivity index (χ1) is 5.31. The summed E-state index contributed by atoms with van der Waals surface area (Å²) in [6, 6.07) is 0. The Morgan fingerprint density at radius 3 is 2.64 bits per heavy atom. The van der Waals surface area contributed by atoms with Gasteiger partial charge in [-0.15, -0.1) is 0 Å². The van der Waals surface area contributed by atoms with Crippen LogP contribution in [-0.4, -0.2) is 13.2 Å². The normalized spacial score (nSPS) is 14.1. The van der Waals surface area contributed by atoms with E-state index in [0.717, 1.165) is 0 Å². The molecule has 1 unspecified atom stereocenters. The zero-order valence-corrected chi connectivity index (χ0v) is 7.97. The molecule has 0 rings (SSSR count). The first-order valence-corrected chi connectivity index (χ1v) is 4.45. The molecule has 0 radical (unpaired) electrons. The molecule has 0 aromatic heterocycles. The number of hydrogen-bond donors (Lipinski definition) is 0. The SMILES string of the molecule is CC=CCCCCC(C)OC. The van der Waals surface area contributed by atoms with Crippen molar-refractivity contribution in [2.24, 2.45) is 0 Å². The van der Waals surface area contributed by atoms with E-state index >= 15 is 0 Å². The van der Waals surface area contributed by atoms with Crippen LogP contribution in [0.25, 0.3) is 0 Å². The maximum absolute atomic E-state index is 5.14. The summed E-state index contributed by atoms with van der Waals surface area (Å²) in [5.74, 6) is 0. The molecule has 1 heteroatoms. The van der Waals surface area contributed by atoms with Gasteiger partial charge in [0.25, 0.3) is 0 Å². The molecular formula is C10H20O. The Kier molecular flexibility index (Phi) is 7.59. The van der Waals surface area contributed by atoms with Gasteiger partial charge >= 0.3 is 0 Å². The average Bonchev–Trinajstić information content (AvgIpc) is 2.04. The molecule has 0 saturated carbocycles. The molecule has 0 heterocycles. The molecule has 0 aliphatic carbocycles. The molecule has 0 spiro atoms. The Bertz CT molecular complexity index is 97.0. The van der Waals surface area contributed by atoms with Gasteiger partial charge in [-0.05, 0) is 33.1 Å². The lowest BCUT2D eigenvalue weighted by Crippen LogP contribution is -2.03. The molecule has 1 nitrogen and oxygen atoms in total. The Balaban J connectivity index is 3.01. The summed E-state index contributed by atoms with van der Waals surface area (Å²) in [6.45, 7) is 4.19. The minimum absolute atomic E-state index is 0.431. The summed E-state index contributed by atoms with van der Waals surface area (Å²) in [6.07, 6.45) is 9.73. The fourth-order valence-electron chi connectivity index (χ4n) is 0.979. The number of ether oxygens (including phenoxy) is 1. The molecule has 0 N–H and O–H groups in total. The Hall–Kier alpha value is -0.300. The quantitative estimate of drug-likeness (QED) is 0.424. The highest BCUT2D eigenvalue weighted by molar-refractivity contribution is 4.76. The number of unbranched alkanes of at least 4 members (excludes halogenated alkanes) is 2. The molecule has 0 aliphatic heterocycles. The van der Waals surface area contributed by atoms with Crippen molar-refractivity contribution in [3.05, 3.63) is 12.2 Å². The van der Waals surface area contributed by atoms with Gasteiger partial charge in [-0.3, -0.25) is 0 Å². The highest BCUT2D eigenvalue weighted by Gasteiger charge is 1.96. The van der Waals surface area contributed by atoms with Crippen molar-refractivity contribution in [3.8, 4) is 0 Å². The molecule has 0 fully saturated rings. The van der Waals surface area contributed by atoms with Crippen LogP contribution in [0.1, 0.15) is 39.5 Å². The van der Waals surface area contributed by atoms with E-state index in [-0.39, 0.29) is 0 Å². The molecule has 66 valence electrons. The van der Waals surface area contributed by atoms with Gasteiger partial charge in [-0.25, -0.2) is 0 Å². The summed E-state index contributed by atoms with van der Waals surface area (Å²) in [4.78, 5) is 0. The van der Waals surface area contributed by atoms with Gasteiger partial charge in [-0.2, -0.15) is 0 Å². The highest BCUT2D eigenvalue weighted by atomic mass is 16.5. The third-order valence-corrected chi connectivity index (χ3v) is 1.87. The second-order valence-electron chi connectivity index (χ2n) is 2.90. The third-order valence-electron chi connectivity index (χ3n) is 1.87. The Morgan fingerprint density at radius 1 is 1.36 bits per heavy atom. The second-order valence-corrected chi connectivity index (χ2v) is 2.90. The predicted molar refractivity (Wildman–Crippen MR) is 49.8 cm³/mol. The van der Waals surface area contributed by atoms with Crippen LogP contribution >= 0.6 is 0 Å². The molecule has 0 bridgehead atoms. The zero-order chi connectivity index (χ0) is 8.53. The molecule has 1 atom stereocenters. The lowest BCUT2D eigenvalue weighted by Gasteiger charge is -2.07. The highest BCUT2D eigenvalue weighted by Crippen LogP contribution is 2.05. The van der Waals surface area contributed by atoms with Gasteiger partial charge < -0.3 is 4.74 Å². The van der Waals surface area contributed by atoms with Crippen molar-refractivity contribution in [1.82, 2.24) is 0 Å². The first kappa shape index (κ1) is 10.7. The van der Waals surface area contributed by atoms with Crippen molar-refractivity contribution >= 4 is 0 Å². The van der Waals surface area contributed by atoms with Crippen LogP contribution in [0.4, 0.5) is 0 Å². The van der Waals surface area contributed by atoms with Crippen molar-refractivity contribution in [3.63, 3.8) is 0 Å². The smallest absolute Gasteiger partial charge is 0.0543 e. The average molecular weight is 156 g/mol. The minimum Gasteiger partial charge on any atom is -0.382 e. The zero-order valence-electron chi connectivity index (χ0n) is 7.97. The van der Waals surface area contributed by atoms with Gasteiger partial charge in [0.05, 0.1) is 6.10 Å². The van der Waals surface area contributed by atoms with Gasteiger partial charge in [0, 0.05) is 7.11 Å². The molecule has 0 saturated heterocycles. The fraction of sp³-hybridized carbons (Fsp3) is 0.800. The second kappa shape index (κ2) is 7.80. The van der Waals surface area contributed by atoms with E-state index in [1.165, 1.54) is 25.7 Å². The van der Waals surface area contributed by atoms with E-state index in [1.807, 2.05) is 0 Å². The topological polar surface area (TPSA) is 9.23 Å². The molecule has 0 aromatic carbocycles. The van der Waals surface area contributed by atoms with Crippen LogP contribution in [0.5, 0.6) is 0 Å². The van der Waals surface area contributed by atoms with E-state index in [4.69, 9.17) is 4.74 Å². The van der Waals surface area contributed by atoms with Gasteiger partial charge in [0.1, 0.15) is 0 Å². The van der Waals surface area contributed by atoms with Gasteiger partial charge in [0.15, 0.2) is 0 Å². The van der Waals surface area contributed by atoms with Gasteiger partial charge in [0.2, 0.25) is 0 Å². The summed E-state index contributed by atoms with van der Waals surface area (Å²) in [7, 11) is 1.77. The molecule has 11 heavy (non-hydrogen) atoms. The van der Waals surface area contributed by atoms with Crippen LogP contribution < -0.4 is 0 Å². The lowest BCUT2D eigenvalue weighted by molar-refractivity contribution is 0.108. The molecule has 0 aromatic rings. The van der Waals surface area contributed by atoms with Crippen LogP contribution in [0, 0.1) is 0 Å². The van der Waals surface area contributed by atoms with Crippen LogP contribution in [0.15, 0.2) is 12.2 Å². The van der Waals surface area contributed by atoms with E-state index in [2.05, 4.69) is 26.0 Å². The standard InChI is InChI=1S/C10H20O/c1-4-5-6-7-8-9-10(2)11-3/h4-5,10H,6-9H2,1-3H3. The van der Waals surface area contributed by atoms with Crippen molar-refractivity contribution < 1.29 is 4.74 Å². The van der Waals surface area contributed by atoms with Crippen LogP contribution in [-0.2, 0) is 4.74 Å². The van der Waals surface area contributed by atoms with Crippen molar-refractivity contribution in [1.29, 1.82) is 0 Å². The molecule has 0 amide bonds. The van der Waals surface area contributed by atoms with Gasteiger partial charge in [-0.1, -0.05) is 18.6 Å². The fourth-order valence-corrected chi connectivity index (χ4v) is 0.979.